The highest BCUT2D eigenvalue weighted by atomic mass is 16.4. The van der Waals surface area contributed by atoms with Gasteiger partial charge in [0.05, 0.1) is 5.92 Å². The molecule has 1 saturated heterocycles. The Bertz CT molecular complexity index is 496. The second-order valence-corrected chi connectivity index (χ2v) is 6.35. The normalized spacial score (nSPS) is 27.4. The molecule has 1 saturated carbocycles. The van der Waals surface area contributed by atoms with Gasteiger partial charge in [-0.3, -0.25) is 9.69 Å². The van der Waals surface area contributed by atoms with Crippen LogP contribution in [-0.2, 0) is 11.3 Å². The molecule has 1 aromatic rings. The number of piperidine rings is 1. The number of benzene rings is 1. The third kappa shape index (κ3) is 2.88. The van der Waals surface area contributed by atoms with Crippen molar-refractivity contribution >= 4 is 5.97 Å². The summed E-state index contributed by atoms with van der Waals surface area (Å²) in [6, 6.07) is 9.12. The summed E-state index contributed by atoms with van der Waals surface area (Å²) in [7, 11) is 0. The molecule has 2 fully saturated rings. The molecular formula is C17H23NO2. The number of rotatable bonds is 4. The number of carboxylic acid groups (broad SMARTS) is 1. The number of carboxylic acids is 1. The number of hydrogen-bond donors (Lipinski definition) is 1. The van der Waals surface area contributed by atoms with E-state index < -0.39 is 5.97 Å². The molecule has 1 aromatic carbocycles. The van der Waals surface area contributed by atoms with Gasteiger partial charge in [0.2, 0.25) is 0 Å². The van der Waals surface area contributed by atoms with Gasteiger partial charge in [0.15, 0.2) is 0 Å². The largest absolute Gasteiger partial charge is 0.481 e. The van der Waals surface area contributed by atoms with Gasteiger partial charge in [-0.15, -0.1) is 0 Å². The molecule has 0 spiro atoms. The number of likely N-dealkylation sites (tertiary alicyclic amines) is 1. The van der Waals surface area contributed by atoms with E-state index in [1.54, 1.807) is 0 Å². The van der Waals surface area contributed by atoms with E-state index in [4.69, 9.17) is 5.11 Å². The quantitative estimate of drug-likeness (QED) is 0.915. The van der Waals surface area contributed by atoms with Crippen molar-refractivity contribution < 1.29 is 9.90 Å². The van der Waals surface area contributed by atoms with Crippen molar-refractivity contribution in [1.82, 2.24) is 4.90 Å². The van der Waals surface area contributed by atoms with Crippen molar-refractivity contribution in [3.05, 3.63) is 35.4 Å². The van der Waals surface area contributed by atoms with Crippen LogP contribution in [-0.4, -0.2) is 28.6 Å². The first-order valence-electron chi connectivity index (χ1n) is 7.70. The van der Waals surface area contributed by atoms with Gasteiger partial charge in [-0.1, -0.05) is 24.3 Å². The molecular weight excluding hydrogens is 250 g/mol. The van der Waals surface area contributed by atoms with E-state index in [0.717, 1.165) is 31.8 Å². The molecule has 20 heavy (non-hydrogen) atoms. The minimum Gasteiger partial charge on any atom is -0.481 e. The van der Waals surface area contributed by atoms with Crippen LogP contribution in [0.3, 0.4) is 0 Å². The van der Waals surface area contributed by atoms with E-state index in [2.05, 4.69) is 36.1 Å². The second-order valence-electron chi connectivity index (χ2n) is 6.35. The SMILES string of the molecule is CC1CC(C(=O)O)CCN1Cc1ccccc1C1CC1. The van der Waals surface area contributed by atoms with Crippen LogP contribution in [0.2, 0.25) is 0 Å². The van der Waals surface area contributed by atoms with E-state index >= 15 is 0 Å². The lowest BCUT2D eigenvalue weighted by atomic mass is 9.91. The molecule has 1 N–H and O–H groups in total. The molecule has 2 aliphatic rings. The number of carbonyl (C=O) groups is 1. The third-order valence-electron chi connectivity index (χ3n) is 4.81. The Labute approximate surface area is 120 Å². The fourth-order valence-electron chi connectivity index (χ4n) is 3.37. The zero-order valence-corrected chi connectivity index (χ0v) is 12.1. The molecule has 3 rings (SSSR count). The summed E-state index contributed by atoms with van der Waals surface area (Å²) in [5, 5.41) is 9.14. The first kappa shape index (κ1) is 13.6. The van der Waals surface area contributed by atoms with Crippen LogP contribution in [0.5, 0.6) is 0 Å². The molecule has 2 atom stereocenters. The Balaban J connectivity index is 1.68. The highest BCUT2D eigenvalue weighted by Crippen LogP contribution is 2.42. The Morgan fingerprint density at radius 2 is 2.05 bits per heavy atom. The zero-order chi connectivity index (χ0) is 14.1. The Kier molecular flexibility index (Phi) is 3.79. The molecule has 0 bridgehead atoms. The molecule has 1 aliphatic heterocycles. The van der Waals surface area contributed by atoms with Gasteiger partial charge < -0.3 is 5.11 Å². The van der Waals surface area contributed by atoms with E-state index in [0.29, 0.717) is 6.04 Å². The molecule has 1 aliphatic carbocycles. The first-order chi connectivity index (χ1) is 9.65. The van der Waals surface area contributed by atoms with Crippen LogP contribution in [0.25, 0.3) is 0 Å². The highest BCUT2D eigenvalue weighted by molar-refractivity contribution is 5.70. The van der Waals surface area contributed by atoms with E-state index in [1.807, 2.05) is 0 Å². The van der Waals surface area contributed by atoms with Gasteiger partial charge in [-0.25, -0.2) is 0 Å². The van der Waals surface area contributed by atoms with Crippen molar-refractivity contribution in [2.24, 2.45) is 5.92 Å². The van der Waals surface area contributed by atoms with Gasteiger partial charge in [0.1, 0.15) is 0 Å². The maximum Gasteiger partial charge on any atom is 0.306 e. The van der Waals surface area contributed by atoms with Gasteiger partial charge >= 0.3 is 5.97 Å². The molecule has 3 heteroatoms. The average Bonchev–Trinajstić information content (AvgIpc) is 3.26. The van der Waals surface area contributed by atoms with Gasteiger partial charge in [-0.05, 0) is 56.2 Å². The van der Waals surface area contributed by atoms with Crippen molar-refractivity contribution in [2.45, 2.75) is 51.1 Å². The Hall–Kier alpha value is -1.35. The van der Waals surface area contributed by atoms with Crippen molar-refractivity contribution in [3.8, 4) is 0 Å². The molecule has 0 radical (unpaired) electrons. The zero-order valence-electron chi connectivity index (χ0n) is 12.1. The standard InChI is InChI=1S/C17H23NO2/c1-12-10-14(17(19)20)8-9-18(12)11-15-4-2-3-5-16(15)13-6-7-13/h2-5,12-14H,6-11H2,1H3,(H,19,20). The lowest BCUT2D eigenvalue weighted by molar-refractivity contribution is -0.144. The third-order valence-corrected chi connectivity index (χ3v) is 4.81. The Morgan fingerprint density at radius 1 is 1.30 bits per heavy atom. The van der Waals surface area contributed by atoms with Crippen LogP contribution in [0.15, 0.2) is 24.3 Å². The van der Waals surface area contributed by atoms with Crippen LogP contribution >= 0.6 is 0 Å². The molecule has 0 amide bonds. The van der Waals surface area contributed by atoms with E-state index in [9.17, 15) is 4.79 Å². The summed E-state index contributed by atoms with van der Waals surface area (Å²) >= 11 is 0. The average molecular weight is 273 g/mol. The summed E-state index contributed by atoms with van der Waals surface area (Å²) in [6.45, 7) is 4.03. The van der Waals surface area contributed by atoms with E-state index in [-0.39, 0.29) is 5.92 Å². The summed E-state index contributed by atoms with van der Waals surface area (Å²) in [4.78, 5) is 13.5. The van der Waals surface area contributed by atoms with Crippen molar-refractivity contribution in [3.63, 3.8) is 0 Å². The topological polar surface area (TPSA) is 40.5 Å². The predicted octanol–water partition coefficient (Wildman–Crippen LogP) is 3.25. The van der Waals surface area contributed by atoms with Crippen LogP contribution in [0, 0.1) is 5.92 Å². The molecule has 0 aromatic heterocycles. The van der Waals surface area contributed by atoms with Crippen LogP contribution in [0.1, 0.15) is 49.7 Å². The minimum atomic E-state index is -0.630. The minimum absolute atomic E-state index is 0.153. The fourth-order valence-corrected chi connectivity index (χ4v) is 3.37. The van der Waals surface area contributed by atoms with Crippen LogP contribution in [0.4, 0.5) is 0 Å². The number of hydrogen-bond acceptors (Lipinski definition) is 2. The highest BCUT2D eigenvalue weighted by Gasteiger charge is 2.31. The lowest BCUT2D eigenvalue weighted by Crippen LogP contribution is -2.42. The monoisotopic (exact) mass is 273 g/mol. The number of aliphatic carboxylic acids is 1. The maximum atomic E-state index is 11.1. The summed E-state index contributed by atoms with van der Waals surface area (Å²) in [5.74, 6) is -0.00660. The number of nitrogens with zero attached hydrogens (tertiary/aromatic N) is 1. The molecule has 108 valence electrons. The van der Waals surface area contributed by atoms with Crippen molar-refractivity contribution in [1.29, 1.82) is 0 Å². The summed E-state index contributed by atoms with van der Waals surface area (Å²) in [6.07, 6.45) is 4.22. The van der Waals surface area contributed by atoms with Gasteiger partial charge in [0, 0.05) is 12.6 Å². The molecule has 3 nitrogen and oxygen atoms in total. The first-order valence-corrected chi connectivity index (χ1v) is 7.70. The maximum absolute atomic E-state index is 11.1. The predicted molar refractivity (Wildman–Crippen MR) is 78.6 cm³/mol. The molecule has 2 unspecified atom stereocenters. The van der Waals surface area contributed by atoms with Crippen LogP contribution < -0.4 is 0 Å². The second kappa shape index (κ2) is 5.57. The van der Waals surface area contributed by atoms with Gasteiger partial charge in [-0.2, -0.15) is 0 Å². The van der Waals surface area contributed by atoms with Crippen molar-refractivity contribution in [2.75, 3.05) is 6.54 Å². The summed E-state index contributed by atoms with van der Waals surface area (Å²) < 4.78 is 0. The fraction of sp³-hybridized carbons (Fsp3) is 0.588. The lowest BCUT2D eigenvalue weighted by Gasteiger charge is -2.36. The Morgan fingerprint density at radius 3 is 2.70 bits per heavy atom. The molecule has 1 heterocycles. The smallest absolute Gasteiger partial charge is 0.306 e. The van der Waals surface area contributed by atoms with Gasteiger partial charge in [0.25, 0.3) is 0 Å². The van der Waals surface area contributed by atoms with E-state index in [1.165, 1.54) is 24.0 Å². The summed E-state index contributed by atoms with van der Waals surface area (Å²) in [5.41, 5.74) is 2.95.